The van der Waals surface area contributed by atoms with E-state index in [4.69, 9.17) is 0 Å². The molecular weight excluding hydrogens is 106 g/mol. The number of aliphatic imine (C=N–C) groups is 1. The minimum Gasteiger partial charge on any atom is -0.404 e. The van der Waals surface area contributed by atoms with Gasteiger partial charge in [-0.3, -0.25) is 0 Å². The zero-order chi connectivity index (χ0) is 6.15. The van der Waals surface area contributed by atoms with Crippen molar-refractivity contribution in [1.29, 1.82) is 0 Å². The number of carbonyl (C=O) groups is 1. The Balaban J connectivity index is 2.88. The SMILES string of the molecule is C=C1N=C(C)C(=O)O1. The van der Waals surface area contributed by atoms with Crippen LogP contribution in [0.5, 0.6) is 0 Å². The van der Waals surface area contributed by atoms with Gasteiger partial charge in [-0.05, 0) is 13.5 Å². The Kier molecular flexibility index (Phi) is 0.901. The highest BCUT2D eigenvalue weighted by atomic mass is 16.6. The van der Waals surface area contributed by atoms with E-state index < -0.39 is 5.97 Å². The summed E-state index contributed by atoms with van der Waals surface area (Å²) < 4.78 is 4.44. The third kappa shape index (κ3) is 0.621. The second kappa shape index (κ2) is 1.43. The standard InChI is InChI=1S/C5H5NO2/c1-3-5(7)8-4(2)6-3/h2H2,1H3. The molecule has 0 unspecified atom stereocenters. The Morgan fingerprint density at radius 1 is 1.75 bits per heavy atom. The highest BCUT2D eigenvalue weighted by molar-refractivity contribution is 6.37. The van der Waals surface area contributed by atoms with Crippen LogP contribution in [0.25, 0.3) is 0 Å². The minimum absolute atomic E-state index is 0.188. The summed E-state index contributed by atoms with van der Waals surface area (Å²) in [6, 6.07) is 0. The Morgan fingerprint density at radius 3 is 2.50 bits per heavy atom. The summed E-state index contributed by atoms with van der Waals surface area (Å²) >= 11 is 0. The van der Waals surface area contributed by atoms with Crippen molar-refractivity contribution in [3.63, 3.8) is 0 Å². The van der Waals surface area contributed by atoms with Crippen molar-refractivity contribution in [2.24, 2.45) is 4.99 Å². The van der Waals surface area contributed by atoms with Gasteiger partial charge in [0.2, 0.25) is 5.88 Å². The van der Waals surface area contributed by atoms with Crippen LogP contribution in [0, 0.1) is 0 Å². The van der Waals surface area contributed by atoms with E-state index in [9.17, 15) is 4.79 Å². The van der Waals surface area contributed by atoms with Crippen LogP contribution in [0.1, 0.15) is 6.92 Å². The van der Waals surface area contributed by atoms with Crippen molar-refractivity contribution in [1.82, 2.24) is 0 Å². The predicted molar refractivity (Wildman–Crippen MR) is 28.3 cm³/mol. The zero-order valence-electron chi connectivity index (χ0n) is 4.47. The van der Waals surface area contributed by atoms with Crippen LogP contribution in [-0.2, 0) is 9.53 Å². The molecular formula is C5H5NO2. The summed E-state index contributed by atoms with van der Waals surface area (Å²) in [5.41, 5.74) is 0.370. The van der Waals surface area contributed by atoms with E-state index in [2.05, 4.69) is 16.3 Å². The third-order valence-electron chi connectivity index (χ3n) is 0.798. The van der Waals surface area contributed by atoms with Crippen LogP contribution in [0.15, 0.2) is 17.5 Å². The Labute approximate surface area is 46.7 Å². The Hall–Kier alpha value is -1.12. The van der Waals surface area contributed by atoms with Crippen molar-refractivity contribution in [3.05, 3.63) is 12.5 Å². The van der Waals surface area contributed by atoms with Gasteiger partial charge in [0.05, 0.1) is 0 Å². The first-order chi connectivity index (χ1) is 3.70. The number of nitrogens with zero attached hydrogens (tertiary/aromatic N) is 1. The quantitative estimate of drug-likeness (QED) is 0.426. The molecule has 3 heteroatoms. The Bertz CT molecular complexity index is 181. The van der Waals surface area contributed by atoms with Crippen molar-refractivity contribution < 1.29 is 9.53 Å². The molecule has 0 aliphatic carbocycles. The second-order valence-corrected chi connectivity index (χ2v) is 1.48. The minimum atomic E-state index is -0.394. The first-order valence-electron chi connectivity index (χ1n) is 2.16. The average molecular weight is 111 g/mol. The van der Waals surface area contributed by atoms with Crippen LogP contribution >= 0.6 is 0 Å². The molecule has 0 fully saturated rings. The molecule has 1 aliphatic heterocycles. The topological polar surface area (TPSA) is 38.7 Å². The van der Waals surface area contributed by atoms with E-state index in [0.29, 0.717) is 5.71 Å². The van der Waals surface area contributed by atoms with Gasteiger partial charge in [-0.1, -0.05) is 0 Å². The normalized spacial score (nSPS) is 18.4. The summed E-state index contributed by atoms with van der Waals surface area (Å²) in [6.45, 7) is 4.91. The largest absolute Gasteiger partial charge is 0.404 e. The number of ether oxygens (including phenoxy) is 1. The molecule has 0 bridgehead atoms. The predicted octanol–water partition coefficient (Wildman–Crippen LogP) is 0.475. The lowest BCUT2D eigenvalue weighted by atomic mass is 10.5. The smallest absolute Gasteiger partial charge is 0.359 e. The molecule has 1 aliphatic rings. The summed E-state index contributed by atoms with van der Waals surface area (Å²) in [7, 11) is 0. The summed E-state index contributed by atoms with van der Waals surface area (Å²) in [4.78, 5) is 14.0. The number of rotatable bonds is 0. The highest BCUT2D eigenvalue weighted by Crippen LogP contribution is 2.05. The van der Waals surface area contributed by atoms with Crippen molar-refractivity contribution in [2.45, 2.75) is 6.92 Å². The van der Waals surface area contributed by atoms with Crippen LogP contribution in [0.2, 0.25) is 0 Å². The summed E-state index contributed by atoms with van der Waals surface area (Å²) in [6.07, 6.45) is 0. The molecule has 0 aromatic heterocycles. The maximum Gasteiger partial charge on any atom is 0.359 e. The molecule has 0 aromatic rings. The van der Waals surface area contributed by atoms with Gasteiger partial charge in [0, 0.05) is 0 Å². The molecule has 0 radical (unpaired) electrons. The maximum atomic E-state index is 10.4. The molecule has 0 amide bonds. The van der Waals surface area contributed by atoms with E-state index in [1.807, 2.05) is 0 Å². The molecule has 1 rings (SSSR count). The fourth-order valence-electron chi connectivity index (χ4n) is 0.436. The molecule has 0 saturated carbocycles. The van der Waals surface area contributed by atoms with Crippen LogP contribution in [0.3, 0.4) is 0 Å². The maximum absolute atomic E-state index is 10.4. The lowest BCUT2D eigenvalue weighted by molar-refractivity contribution is -0.130. The molecule has 0 spiro atoms. The molecule has 0 saturated heterocycles. The van der Waals surface area contributed by atoms with Crippen molar-refractivity contribution in [2.75, 3.05) is 0 Å². The van der Waals surface area contributed by atoms with E-state index in [-0.39, 0.29) is 5.88 Å². The first-order valence-corrected chi connectivity index (χ1v) is 2.16. The number of cyclic esters (lactones) is 1. The Morgan fingerprint density at radius 2 is 2.38 bits per heavy atom. The second-order valence-electron chi connectivity index (χ2n) is 1.48. The first kappa shape index (κ1) is 5.03. The van der Waals surface area contributed by atoms with Gasteiger partial charge >= 0.3 is 5.97 Å². The van der Waals surface area contributed by atoms with E-state index in [0.717, 1.165) is 0 Å². The summed E-state index contributed by atoms with van der Waals surface area (Å²) in [5.74, 6) is -0.206. The lowest BCUT2D eigenvalue weighted by Crippen LogP contribution is -2.03. The van der Waals surface area contributed by atoms with Crippen LogP contribution in [-0.4, -0.2) is 11.7 Å². The van der Waals surface area contributed by atoms with Gasteiger partial charge in [-0.15, -0.1) is 0 Å². The molecule has 0 N–H and O–H groups in total. The number of hydrogen-bond acceptors (Lipinski definition) is 3. The highest BCUT2D eigenvalue weighted by Gasteiger charge is 2.16. The molecule has 3 nitrogen and oxygen atoms in total. The van der Waals surface area contributed by atoms with E-state index >= 15 is 0 Å². The zero-order valence-corrected chi connectivity index (χ0v) is 4.47. The van der Waals surface area contributed by atoms with Gasteiger partial charge in [0.25, 0.3) is 0 Å². The lowest BCUT2D eigenvalue weighted by Gasteiger charge is -1.84. The molecule has 8 heavy (non-hydrogen) atoms. The van der Waals surface area contributed by atoms with Gasteiger partial charge in [-0.25, -0.2) is 9.79 Å². The average Bonchev–Trinajstić information content (AvgIpc) is 1.85. The summed E-state index contributed by atoms with van der Waals surface area (Å²) in [5, 5.41) is 0. The van der Waals surface area contributed by atoms with Crippen LogP contribution < -0.4 is 0 Å². The van der Waals surface area contributed by atoms with Gasteiger partial charge in [0.1, 0.15) is 5.71 Å². The van der Waals surface area contributed by atoms with Gasteiger partial charge in [-0.2, -0.15) is 0 Å². The number of hydrogen-bond donors (Lipinski definition) is 0. The number of esters is 1. The molecule has 1 heterocycles. The molecule has 42 valence electrons. The number of carbonyl (C=O) groups excluding carboxylic acids is 1. The fourth-order valence-corrected chi connectivity index (χ4v) is 0.436. The van der Waals surface area contributed by atoms with Crippen molar-refractivity contribution >= 4 is 11.7 Å². The van der Waals surface area contributed by atoms with Gasteiger partial charge < -0.3 is 4.74 Å². The van der Waals surface area contributed by atoms with Gasteiger partial charge in [0.15, 0.2) is 0 Å². The van der Waals surface area contributed by atoms with Crippen LogP contribution in [0.4, 0.5) is 0 Å². The third-order valence-corrected chi connectivity index (χ3v) is 0.798. The van der Waals surface area contributed by atoms with E-state index in [1.165, 1.54) is 0 Å². The molecule has 0 atom stereocenters. The monoisotopic (exact) mass is 111 g/mol. The van der Waals surface area contributed by atoms with Crippen molar-refractivity contribution in [3.8, 4) is 0 Å². The fraction of sp³-hybridized carbons (Fsp3) is 0.200. The molecule has 0 aromatic carbocycles. The van der Waals surface area contributed by atoms with E-state index in [1.54, 1.807) is 6.92 Å².